The van der Waals surface area contributed by atoms with Crippen molar-refractivity contribution >= 4 is 29.9 Å². The molecule has 2 aliphatic rings. The predicted molar refractivity (Wildman–Crippen MR) is 118 cm³/mol. The maximum Gasteiger partial charge on any atom is 0.194 e. The number of likely N-dealkylation sites (tertiary alicyclic amines) is 1. The zero-order valence-corrected chi connectivity index (χ0v) is 19.4. The third kappa shape index (κ3) is 5.79. The minimum Gasteiger partial charge on any atom is -0.385 e. The molecule has 0 radical (unpaired) electrons. The van der Waals surface area contributed by atoms with E-state index in [1.54, 1.807) is 7.11 Å². The van der Waals surface area contributed by atoms with Crippen molar-refractivity contribution in [2.75, 3.05) is 33.4 Å². The van der Waals surface area contributed by atoms with E-state index in [4.69, 9.17) is 9.73 Å². The van der Waals surface area contributed by atoms with Crippen molar-refractivity contribution in [2.45, 2.75) is 58.4 Å². The van der Waals surface area contributed by atoms with Crippen molar-refractivity contribution in [1.29, 1.82) is 0 Å². The van der Waals surface area contributed by atoms with Gasteiger partial charge in [-0.25, -0.2) is 4.99 Å². The van der Waals surface area contributed by atoms with Gasteiger partial charge in [0.05, 0.1) is 0 Å². The molecule has 0 amide bonds. The molecule has 3 rings (SSSR count). The summed E-state index contributed by atoms with van der Waals surface area (Å²) in [5, 5.41) is 11.9. The molecule has 1 aromatic rings. The van der Waals surface area contributed by atoms with Crippen LogP contribution in [0.4, 0.5) is 0 Å². The monoisotopic (exact) mass is 490 g/mol. The van der Waals surface area contributed by atoms with Crippen LogP contribution < -0.4 is 5.32 Å². The van der Waals surface area contributed by atoms with E-state index in [9.17, 15) is 0 Å². The van der Waals surface area contributed by atoms with Gasteiger partial charge in [-0.3, -0.25) is 0 Å². The lowest BCUT2D eigenvalue weighted by molar-refractivity contribution is 0.194. The third-order valence-corrected chi connectivity index (χ3v) is 6.01. The Balaban J connectivity index is 0.00000261. The molecule has 1 spiro atoms. The second-order valence-electron chi connectivity index (χ2n) is 7.87. The number of nitrogens with zero attached hydrogens (tertiary/aromatic N) is 5. The van der Waals surface area contributed by atoms with Gasteiger partial charge in [0.15, 0.2) is 11.8 Å². The number of ether oxygens (including phenoxy) is 1. The molecule has 0 aromatic carbocycles. The van der Waals surface area contributed by atoms with Gasteiger partial charge in [0.1, 0.15) is 12.4 Å². The molecular formula is C19H35IN6O. The second kappa shape index (κ2) is 10.6. The van der Waals surface area contributed by atoms with Crippen molar-refractivity contribution < 1.29 is 4.74 Å². The quantitative estimate of drug-likeness (QED) is 0.288. The van der Waals surface area contributed by atoms with Gasteiger partial charge in [-0.2, -0.15) is 0 Å². The minimum atomic E-state index is 0. The number of aliphatic imine (C=N–C) groups is 1. The molecule has 2 heterocycles. The zero-order valence-electron chi connectivity index (χ0n) is 17.0. The lowest BCUT2D eigenvalue weighted by Crippen LogP contribution is -2.42. The number of hydrogen-bond donors (Lipinski definition) is 1. The van der Waals surface area contributed by atoms with Crippen LogP contribution >= 0.6 is 24.0 Å². The van der Waals surface area contributed by atoms with Crippen LogP contribution in [0.3, 0.4) is 0 Å². The summed E-state index contributed by atoms with van der Waals surface area (Å²) in [5.41, 5.74) is 0.522. The van der Waals surface area contributed by atoms with Crippen molar-refractivity contribution in [2.24, 2.45) is 17.5 Å². The SMILES string of the molecule is COCCCNC(=NCc1nnc(C)n1C)N1CCC2(CCCCC2)C1.I. The number of methoxy groups -OCH3 is 1. The molecule has 27 heavy (non-hydrogen) atoms. The van der Waals surface area contributed by atoms with E-state index in [-0.39, 0.29) is 24.0 Å². The summed E-state index contributed by atoms with van der Waals surface area (Å²) in [6, 6.07) is 0. The average Bonchev–Trinajstić information content (AvgIpc) is 3.20. The van der Waals surface area contributed by atoms with Gasteiger partial charge in [0, 0.05) is 40.4 Å². The minimum absolute atomic E-state index is 0. The Morgan fingerprint density at radius 3 is 2.67 bits per heavy atom. The first kappa shape index (κ1) is 22.4. The highest BCUT2D eigenvalue weighted by molar-refractivity contribution is 14.0. The molecule has 0 bridgehead atoms. The Bertz CT molecular complexity index is 611. The van der Waals surface area contributed by atoms with E-state index in [1.807, 2.05) is 18.5 Å². The number of nitrogens with one attached hydrogen (secondary N) is 1. The normalized spacial score (nSPS) is 19.4. The average molecular weight is 490 g/mol. The van der Waals surface area contributed by atoms with E-state index in [2.05, 4.69) is 20.4 Å². The summed E-state index contributed by atoms with van der Waals surface area (Å²) >= 11 is 0. The molecule has 1 aromatic heterocycles. The number of guanidine groups is 1. The van der Waals surface area contributed by atoms with Crippen LogP contribution in [-0.2, 0) is 18.3 Å². The molecule has 1 aliphatic carbocycles. The van der Waals surface area contributed by atoms with E-state index < -0.39 is 0 Å². The van der Waals surface area contributed by atoms with Crippen molar-refractivity contribution in [1.82, 2.24) is 25.0 Å². The molecule has 1 saturated heterocycles. The van der Waals surface area contributed by atoms with Gasteiger partial charge >= 0.3 is 0 Å². The Kier molecular flexibility index (Phi) is 8.78. The Hall–Kier alpha value is -0.900. The molecule has 1 saturated carbocycles. The van der Waals surface area contributed by atoms with Crippen LogP contribution in [0.1, 0.15) is 56.6 Å². The van der Waals surface area contributed by atoms with Crippen LogP contribution in [0.15, 0.2) is 4.99 Å². The molecular weight excluding hydrogens is 455 g/mol. The summed E-state index contributed by atoms with van der Waals surface area (Å²) in [5.74, 6) is 2.85. The Morgan fingerprint density at radius 1 is 1.22 bits per heavy atom. The zero-order chi connectivity index (χ0) is 18.4. The highest BCUT2D eigenvalue weighted by atomic mass is 127. The smallest absolute Gasteiger partial charge is 0.194 e. The maximum absolute atomic E-state index is 5.17. The first-order valence-corrected chi connectivity index (χ1v) is 10.0. The first-order chi connectivity index (χ1) is 12.6. The molecule has 1 N–H and O–H groups in total. The summed E-state index contributed by atoms with van der Waals surface area (Å²) in [4.78, 5) is 7.35. The number of rotatable bonds is 6. The lowest BCUT2D eigenvalue weighted by Gasteiger charge is -2.33. The molecule has 0 unspecified atom stereocenters. The number of aromatic nitrogens is 3. The van der Waals surface area contributed by atoms with Gasteiger partial charge < -0.3 is 19.5 Å². The highest BCUT2D eigenvalue weighted by Gasteiger charge is 2.39. The molecule has 154 valence electrons. The largest absolute Gasteiger partial charge is 0.385 e. The fourth-order valence-electron chi connectivity index (χ4n) is 4.24. The topological polar surface area (TPSA) is 67.6 Å². The standard InChI is InChI=1S/C19H34N6O.HI/c1-16-22-23-17(24(16)2)14-21-18(20-11-7-13-26-3)25-12-10-19(15-25)8-5-4-6-9-19;/h4-15H2,1-3H3,(H,20,21);1H. The van der Waals surface area contributed by atoms with Gasteiger partial charge in [-0.05, 0) is 38.0 Å². The number of halogens is 1. The summed E-state index contributed by atoms with van der Waals surface area (Å²) in [6.07, 6.45) is 9.22. The van der Waals surface area contributed by atoms with Crippen molar-refractivity contribution in [3.05, 3.63) is 11.6 Å². The van der Waals surface area contributed by atoms with Gasteiger partial charge in [0.25, 0.3) is 0 Å². The van der Waals surface area contributed by atoms with Crippen molar-refractivity contribution in [3.8, 4) is 0 Å². The van der Waals surface area contributed by atoms with Gasteiger partial charge in [-0.1, -0.05) is 19.3 Å². The fraction of sp³-hybridized carbons (Fsp3) is 0.842. The third-order valence-electron chi connectivity index (χ3n) is 6.01. The van der Waals surface area contributed by atoms with Crippen LogP contribution in [0.25, 0.3) is 0 Å². The van der Waals surface area contributed by atoms with E-state index in [0.717, 1.165) is 50.3 Å². The van der Waals surface area contributed by atoms with E-state index in [1.165, 1.54) is 38.5 Å². The van der Waals surface area contributed by atoms with Crippen LogP contribution in [0, 0.1) is 12.3 Å². The summed E-state index contributed by atoms with van der Waals surface area (Å²) < 4.78 is 7.18. The molecule has 8 heteroatoms. The predicted octanol–water partition coefficient (Wildman–Crippen LogP) is 2.88. The molecule has 7 nitrogen and oxygen atoms in total. The molecule has 1 aliphatic heterocycles. The summed E-state index contributed by atoms with van der Waals surface area (Å²) in [6.45, 7) is 6.43. The van der Waals surface area contributed by atoms with E-state index in [0.29, 0.717) is 12.0 Å². The lowest BCUT2D eigenvalue weighted by atomic mass is 9.73. The number of aryl methyl sites for hydroxylation is 1. The second-order valence-corrected chi connectivity index (χ2v) is 7.87. The maximum atomic E-state index is 5.17. The van der Waals surface area contributed by atoms with Crippen LogP contribution in [0.5, 0.6) is 0 Å². The van der Waals surface area contributed by atoms with E-state index >= 15 is 0 Å². The van der Waals surface area contributed by atoms with Crippen molar-refractivity contribution in [3.63, 3.8) is 0 Å². The van der Waals surface area contributed by atoms with Crippen LogP contribution in [-0.4, -0.2) is 59.0 Å². The fourth-order valence-corrected chi connectivity index (χ4v) is 4.24. The Morgan fingerprint density at radius 2 is 2.00 bits per heavy atom. The first-order valence-electron chi connectivity index (χ1n) is 10.0. The molecule has 0 atom stereocenters. The van der Waals surface area contributed by atoms with Crippen LogP contribution in [0.2, 0.25) is 0 Å². The van der Waals surface area contributed by atoms with Gasteiger partial charge in [-0.15, -0.1) is 34.2 Å². The highest BCUT2D eigenvalue weighted by Crippen LogP contribution is 2.43. The number of hydrogen-bond acceptors (Lipinski definition) is 4. The van der Waals surface area contributed by atoms with Gasteiger partial charge in [0.2, 0.25) is 0 Å². The Labute approximate surface area is 180 Å². The molecule has 2 fully saturated rings. The summed E-state index contributed by atoms with van der Waals surface area (Å²) in [7, 11) is 3.75.